The second kappa shape index (κ2) is 16.8. The quantitative estimate of drug-likeness (QED) is 0.447. The number of rotatable bonds is 11. The molecule has 0 amide bonds. The second-order valence-electron chi connectivity index (χ2n) is 5.13. The van der Waals surface area contributed by atoms with Crippen LogP contribution in [0.2, 0.25) is 0 Å². The molecule has 0 saturated heterocycles. The van der Waals surface area contributed by atoms with Crippen LogP contribution in [0.3, 0.4) is 0 Å². The Morgan fingerprint density at radius 1 is 0.950 bits per heavy atom. The number of aliphatic hydroxyl groups is 1. The van der Waals surface area contributed by atoms with Crippen molar-refractivity contribution >= 4 is 10.3 Å². The molecule has 0 aliphatic rings. The van der Waals surface area contributed by atoms with Crippen LogP contribution in [-0.4, -0.2) is 26.7 Å². The van der Waals surface area contributed by atoms with Crippen molar-refractivity contribution < 1.29 is 38.1 Å². The first-order valence-electron chi connectivity index (χ1n) is 7.67. The van der Waals surface area contributed by atoms with Gasteiger partial charge in [-0.05, 0) is 6.92 Å². The Bertz CT molecular complexity index is 242. The number of carboxylic acid groups (broad SMARTS) is 1. The minimum atomic E-state index is -1.23. The Kier molecular flexibility index (Phi) is 18.5. The summed E-state index contributed by atoms with van der Waals surface area (Å²) in [5, 5.41) is 15.8. The van der Waals surface area contributed by atoms with E-state index in [4.69, 9.17) is 10.2 Å². The molecule has 0 aromatic rings. The van der Waals surface area contributed by atoms with Gasteiger partial charge in [-0.15, -0.1) is 0 Å². The Hall–Kier alpha value is -0.277. The summed E-state index contributed by atoms with van der Waals surface area (Å²) in [6, 6.07) is 0. The maximum absolute atomic E-state index is 10.7. The molecule has 1 atom stereocenters. The van der Waals surface area contributed by atoms with E-state index in [0.717, 1.165) is 31.1 Å². The van der Waals surface area contributed by atoms with E-state index < -0.39 is 12.1 Å². The number of carbonyl (C=O) groups is 2. The van der Waals surface area contributed by atoms with Gasteiger partial charge in [-0.25, -0.2) is 4.79 Å². The molecule has 4 nitrogen and oxygen atoms in total. The van der Waals surface area contributed by atoms with Gasteiger partial charge >= 0.3 is 105 Å². The van der Waals surface area contributed by atoms with Gasteiger partial charge in [-0.3, -0.25) is 0 Å². The Balaban J connectivity index is 0. The summed E-state index contributed by atoms with van der Waals surface area (Å²) in [5.41, 5.74) is 0. The summed E-state index contributed by atoms with van der Waals surface area (Å²) in [7, 11) is 0. The van der Waals surface area contributed by atoms with E-state index in [0.29, 0.717) is 4.38 Å². The molecule has 0 bridgehead atoms. The van der Waals surface area contributed by atoms with E-state index >= 15 is 0 Å². The minimum absolute atomic E-state index is 0.466. The van der Waals surface area contributed by atoms with Gasteiger partial charge in [0.2, 0.25) is 0 Å². The van der Waals surface area contributed by atoms with Crippen molar-refractivity contribution in [1.82, 2.24) is 0 Å². The van der Waals surface area contributed by atoms with Crippen LogP contribution in [0, 0.1) is 0 Å². The average Bonchev–Trinajstić information content (AvgIpc) is 2.37. The Morgan fingerprint density at radius 3 is 1.60 bits per heavy atom. The van der Waals surface area contributed by atoms with Crippen LogP contribution in [0.15, 0.2) is 0 Å². The van der Waals surface area contributed by atoms with Crippen LogP contribution < -0.4 is 0 Å². The van der Waals surface area contributed by atoms with Gasteiger partial charge in [-0.2, -0.15) is 0 Å². The summed E-state index contributed by atoms with van der Waals surface area (Å²) >= 11 is 0.844. The molecule has 0 spiro atoms. The first-order valence-corrected chi connectivity index (χ1v) is 9.15. The van der Waals surface area contributed by atoms with E-state index in [9.17, 15) is 9.59 Å². The van der Waals surface area contributed by atoms with Gasteiger partial charge in [0, 0.05) is 0 Å². The van der Waals surface area contributed by atoms with Crippen molar-refractivity contribution in [2.75, 3.05) is 0 Å². The second-order valence-corrected chi connectivity index (χ2v) is 6.79. The molecular formula is C15H29O4Zn. The molecule has 0 saturated carbocycles. The molecule has 0 rings (SSSR count). The zero-order valence-corrected chi connectivity index (χ0v) is 16.0. The van der Waals surface area contributed by atoms with Crippen LogP contribution in [-0.2, 0) is 27.9 Å². The normalized spacial score (nSPS) is 11.4. The van der Waals surface area contributed by atoms with Crippen molar-refractivity contribution in [3.8, 4) is 0 Å². The van der Waals surface area contributed by atoms with E-state index in [-0.39, 0.29) is 0 Å². The number of hydrogen-bond donors (Lipinski definition) is 2. The molecular weight excluding hydrogens is 310 g/mol. The van der Waals surface area contributed by atoms with Gasteiger partial charge in [0.1, 0.15) is 6.10 Å². The standard InChI is InChI=1S/C12H23O.C3H6O3.Zn/c1-2-3-4-5-6-7-8-9-10-11-12-13;1-2(4)3(5)6;/h2-11H2,1H3;2,4H,1H3,(H,5,6);. The summed E-state index contributed by atoms with van der Waals surface area (Å²) in [6.45, 7) is 3.45. The van der Waals surface area contributed by atoms with E-state index in [1.807, 2.05) is 0 Å². The van der Waals surface area contributed by atoms with Crippen molar-refractivity contribution in [2.45, 2.75) is 84.2 Å². The zero-order valence-electron chi connectivity index (χ0n) is 13.1. The monoisotopic (exact) mass is 337 g/mol. The summed E-state index contributed by atoms with van der Waals surface area (Å²) in [6.07, 6.45) is 11.7. The summed E-state index contributed by atoms with van der Waals surface area (Å²) < 4.78 is 0.466. The fourth-order valence-electron chi connectivity index (χ4n) is 1.63. The number of hydrogen-bond acceptors (Lipinski definition) is 3. The molecule has 1 unspecified atom stereocenters. The number of carboxylic acids is 1. The fraction of sp³-hybridized carbons (Fsp3) is 0.867. The van der Waals surface area contributed by atoms with Crippen LogP contribution >= 0.6 is 0 Å². The molecule has 20 heavy (non-hydrogen) atoms. The van der Waals surface area contributed by atoms with E-state index in [2.05, 4.69) is 6.92 Å². The molecule has 0 fully saturated rings. The summed E-state index contributed by atoms with van der Waals surface area (Å²) in [4.78, 5) is 20.2. The first-order chi connectivity index (χ1) is 9.41. The van der Waals surface area contributed by atoms with Crippen LogP contribution in [0.5, 0.6) is 0 Å². The van der Waals surface area contributed by atoms with Gasteiger partial charge in [0.25, 0.3) is 0 Å². The Labute approximate surface area is 133 Å². The predicted molar refractivity (Wildman–Crippen MR) is 76.2 cm³/mol. The van der Waals surface area contributed by atoms with E-state index in [1.165, 1.54) is 58.3 Å². The molecule has 0 heterocycles. The van der Waals surface area contributed by atoms with Crippen molar-refractivity contribution in [3.05, 3.63) is 0 Å². The molecule has 0 aliphatic carbocycles. The number of unbranched alkanes of at least 4 members (excludes halogenated alkanes) is 8. The average molecular weight is 339 g/mol. The van der Waals surface area contributed by atoms with Gasteiger partial charge < -0.3 is 10.2 Å². The number of carbonyl (C=O) groups excluding carboxylic acids is 1. The van der Waals surface area contributed by atoms with Crippen molar-refractivity contribution in [1.29, 1.82) is 0 Å². The SMILES string of the molecule is CC(O)C(=O)O.CCCCCCCCCCC[C](=O)[Zn]. The van der Waals surface area contributed by atoms with Crippen LogP contribution in [0.25, 0.3) is 0 Å². The van der Waals surface area contributed by atoms with Gasteiger partial charge in [0.05, 0.1) is 0 Å². The van der Waals surface area contributed by atoms with Crippen LogP contribution in [0.4, 0.5) is 0 Å². The molecule has 5 heteroatoms. The maximum atomic E-state index is 10.7. The van der Waals surface area contributed by atoms with Crippen molar-refractivity contribution in [2.24, 2.45) is 0 Å². The fourth-order valence-corrected chi connectivity index (χ4v) is 2.16. The molecule has 0 radical (unpaired) electrons. The first kappa shape index (κ1) is 22.0. The summed E-state index contributed by atoms with van der Waals surface area (Å²) in [5.74, 6) is -1.19. The molecule has 0 aromatic carbocycles. The molecule has 0 aliphatic heterocycles. The van der Waals surface area contributed by atoms with Crippen molar-refractivity contribution in [3.63, 3.8) is 0 Å². The van der Waals surface area contributed by atoms with Gasteiger partial charge in [0.15, 0.2) is 0 Å². The topological polar surface area (TPSA) is 74.6 Å². The number of aliphatic hydroxyl groups excluding tert-OH is 1. The molecule has 0 aromatic heterocycles. The van der Waals surface area contributed by atoms with E-state index in [1.54, 1.807) is 0 Å². The number of aliphatic carboxylic acids is 1. The third-order valence-electron chi connectivity index (χ3n) is 2.92. The van der Waals surface area contributed by atoms with Gasteiger partial charge in [-0.1, -0.05) is 0 Å². The molecule has 2 N–H and O–H groups in total. The Morgan fingerprint density at radius 2 is 1.30 bits per heavy atom. The molecule has 115 valence electrons. The van der Waals surface area contributed by atoms with Crippen LogP contribution in [0.1, 0.15) is 78.1 Å². The predicted octanol–water partition coefficient (Wildman–Crippen LogP) is 3.43. The third-order valence-corrected chi connectivity index (χ3v) is 3.66. The third kappa shape index (κ3) is 22.9. The zero-order chi connectivity index (χ0) is 15.8.